The fourth-order valence-corrected chi connectivity index (χ4v) is 1.19. The molecule has 2 N–H and O–H groups in total. The van der Waals surface area contributed by atoms with Gasteiger partial charge in [-0.3, -0.25) is 0 Å². The fourth-order valence-electron chi connectivity index (χ4n) is 1.19. The van der Waals surface area contributed by atoms with Crippen LogP contribution in [-0.2, 0) is 6.42 Å². The van der Waals surface area contributed by atoms with Gasteiger partial charge in [0.25, 0.3) is 0 Å². The summed E-state index contributed by atoms with van der Waals surface area (Å²) in [5.41, 5.74) is 6.78. The molecule has 2 nitrogen and oxygen atoms in total. The molecule has 0 aliphatic carbocycles. The second kappa shape index (κ2) is 5.17. The quantitative estimate of drug-likeness (QED) is 0.772. The zero-order valence-electron chi connectivity index (χ0n) is 10.4. The van der Waals surface area contributed by atoms with Crippen molar-refractivity contribution >= 4 is 0 Å². The fraction of sp³-hybridized carbons (Fsp3) is 0.429. The molecular formula is C14H21NO. The summed E-state index contributed by atoms with van der Waals surface area (Å²) < 4.78 is 5.70. The molecule has 1 aromatic rings. The Balaban J connectivity index is 2.70. The number of rotatable bonds is 5. The number of ether oxygens (including phenoxy) is 1. The number of aryl methyl sites for hydroxylation is 1. The van der Waals surface area contributed by atoms with E-state index >= 15 is 0 Å². The van der Waals surface area contributed by atoms with Gasteiger partial charge in [0.05, 0.1) is 0 Å². The number of hydrogen-bond acceptors (Lipinski definition) is 2. The van der Waals surface area contributed by atoms with Gasteiger partial charge in [-0.15, -0.1) is 0 Å². The maximum absolute atomic E-state index is 5.70. The molecule has 0 unspecified atom stereocenters. The van der Waals surface area contributed by atoms with Crippen LogP contribution in [0, 0.1) is 5.41 Å². The molecule has 16 heavy (non-hydrogen) atoms. The average Bonchev–Trinajstić information content (AvgIpc) is 2.30. The first-order valence-corrected chi connectivity index (χ1v) is 5.66. The van der Waals surface area contributed by atoms with E-state index in [1.54, 1.807) is 0 Å². The summed E-state index contributed by atoms with van der Waals surface area (Å²) in [7, 11) is 0. The third-order valence-corrected chi connectivity index (χ3v) is 2.84. The van der Waals surface area contributed by atoms with Crippen LogP contribution in [0.1, 0.15) is 26.3 Å². The Morgan fingerprint density at radius 3 is 2.31 bits per heavy atom. The lowest BCUT2D eigenvalue weighted by Gasteiger charge is -2.25. The molecule has 0 aliphatic rings. The van der Waals surface area contributed by atoms with Crippen LogP contribution in [0.2, 0.25) is 0 Å². The van der Waals surface area contributed by atoms with Gasteiger partial charge >= 0.3 is 0 Å². The van der Waals surface area contributed by atoms with Crippen molar-refractivity contribution < 1.29 is 4.74 Å². The summed E-state index contributed by atoms with van der Waals surface area (Å²) in [5.74, 6) is 1.53. The first-order chi connectivity index (χ1) is 7.49. The highest BCUT2D eigenvalue weighted by molar-refractivity contribution is 5.29. The maximum Gasteiger partial charge on any atom is 0.126 e. The molecule has 0 heterocycles. The molecule has 0 saturated heterocycles. The molecule has 2 heteroatoms. The van der Waals surface area contributed by atoms with E-state index in [0.717, 1.165) is 12.2 Å². The third kappa shape index (κ3) is 3.11. The summed E-state index contributed by atoms with van der Waals surface area (Å²) in [5, 5.41) is 0. The highest BCUT2D eigenvalue weighted by Gasteiger charge is 2.21. The number of hydrogen-bond donors (Lipinski definition) is 1. The van der Waals surface area contributed by atoms with Crippen molar-refractivity contribution in [3.8, 4) is 5.75 Å². The standard InChI is InChI=1S/C14H21NO/c1-5-12-6-8-13(9-7-12)16-11(2)14(3,4)10-15/h6-9H,2,5,10,15H2,1,3-4H3. The van der Waals surface area contributed by atoms with Crippen molar-refractivity contribution in [2.24, 2.45) is 11.1 Å². The summed E-state index contributed by atoms with van der Waals surface area (Å²) >= 11 is 0. The second-order valence-corrected chi connectivity index (χ2v) is 4.61. The van der Waals surface area contributed by atoms with E-state index in [-0.39, 0.29) is 5.41 Å². The van der Waals surface area contributed by atoms with Crippen LogP contribution in [0.5, 0.6) is 5.75 Å². The van der Waals surface area contributed by atoms with Gasteiger partial charge in [-0.05, 0) is 24.1 Å². The van der Waals surface area contributed by atoms with Gasteiger partial charge in [-0.2, -0.15) is 0 Å². The lowest BCUT2D eigenvalue weighted by molar-refractivity contribution is 0.282. The highest BCUT2D eigenvalue weighted by Crippen LogP contribution is 2.26. The van der Waals surface area contributed by atoms with E-state index in [4.69, 9.17) is 10.5 Å². The maximum atomic E-state index is 5.70. The Morgan fingerprint density at radius 2 is 1.88 bits per heavy atom. The summed E-state index contributed by atoms with van der Waals surface area (Å²) in [6, 6.07) is 8.07. The van der Waals surface area contributed by atoms with Crippen LogP contribution in [0.3, 0.4) is 0 Å². The Labute approximate surface area is 98.1 Å². The predicted molar refractivity (Wildman–Crippen MR) is 68.4 cm³/mol. The van der Waals surface area contributed by atoms with Gasteiger partial charge < -0.3 is 10.5 Å². The first-order valence-electron chi connectivity index (χ1n) is 5.66. The molecule has 0 aliphatic heterocycles. The summed E-state index contributed by atoms with van der Waals surface area (Å²) in [6.45, 7) is 10.6. The van der Waals surface area contributed by atoms with E-state index in [9.17, 15) is 0 Å². The van der Waals surface area contributed by atoms with E-state index < -0.39 is 0 Å². The monoisotopic (exact) mass is 219 g/mol. The molecule has 1 rings (SSSR count). The second-order valence-electron chi connectivity index (χ2n) is 4.61. The van der Waals surface area contributed by atoms with Crippen LogP contribution in [-0.4, -0.2) is 6.54 Å². The number of benzene rings is 1. The van der Waals surface area contributed by atoms with Gasteiger partial charge in [0.2, 0.25) is 0 Å². The number of nitrogens with two attached hydrogens (primary N) is 1. The van der Waals surface area contributed by atoms with Crippen molar-refractivity contribution in [3.63, 3.8) is 0 Å². The minimum absolute atomic E-state index is 0.191. The zero-order chi connectivity index (χ0) is 12.2. The van der Waals surface area contributed by atoms with Gasteiger partial charge in [0.15, 0.2) is 0 Å². The Morgan fingerprint density at radius 1 is 1.31 bits per heavy atom. The summed E-state index contributed by atoms with van der Waals surface area (Å²) in [4.78, 5) is 0. The molecule has 0 amide bonds. The minimum atomic E-state index is -0.191. The van der Waals surface area contributed by atoms with E-state index in [0.29, 0.717) is 12.3 Å². The molecule has 0 atom stereocenters. The van der Waals surface area contributed by atoms with Crippen molar-refractivity contribution in [1.29, 1.82) is 0 Å². The lowest BCUT2D eigenvalue weighted by atomic mass is 9.92. The van der Waals surface area contributed by atoms with Crippen molar-refractivity contribution in [2.75, 3.05) is 6.54 Å². The Hall–Kier alpha value is -1.28. The van der Waals surface area contributed by atoms with Crippen molar-refractivity contribution in [2.45, 2.75) is 27.2 Å². The van der Waals surface area contributed by atoms with E-state index in [1.807, 2.05) is 26.0 Å². The predicted octanol–water partition coefficient (Wildman–Crippen LogP) is 3.13. The van der Waals surface area contributed by atoms with Gasteiger partial charge in [0.1, 0.15) is 11.5 Å². The minimum Gasteiger partial charge on any atom is -0.462 e. The highest BCUT2D eigenvalue weighted by atomic mass is 16.5. The van der Waals surface area contributed by atoms with Gasteiger partial charge in [-0.1, -0.05) is 39.5 Å². The molecule has 0 aromatic heterocycles. The molecule has 0 saturated carbocycles. The smallest absolute Gasteiger partial charge is 0.126 e. The molecule has 88 valence electrons. The first kappa shape index (κ1) is 12.8. The normalized spacial score (nSPS) is 11.2. The van der Waals surface area contributed by atoms with E-state index in [2.05, 4.69) is 25.6 Å². The van der Waals surface area contributed by atoms with Crippen molar-refractivity contribution in [1.82, 2.24) is 0 Å². The van der Waals surface area contributed by atoms with E-state index in [1.165, 1.54) is 5.56 Å². The Kier molecular flexibility index (Phi) is 4.13. The molecule has 1 aromatic carbocycles. The largest absolute Gasteiger partial charge is 0.462 e. The van der Waals surface area contributed by atoms with Gasteiger partial charge in [0, 0.05) is 12.0 Å². The SMILES string of the molecule is C=C(Oc1ccc(CC)cc1)C(C)(C)CN. The molecule has 0 spiro atoms. The average molecular weight is 219 g/mol. The molecule has 0 radical (unpaired) electrons. The van der Waals surface area contributed by atoms with Crippen LogP contribution >= 0.6 is 0 Å². The van der Waals surface area contributed by atoms with Crippen molar-refractivity contribution in [3.05, 3.63) is 42.2 Å². The third-order valence-electron chi connectivity index (χ3n) is 2.84. The lowest BCUT2D eigenvalue weighted by Crippen LogP contribution is -2.27. The van der Waals surface area contributed by atoms with Crippen LogP contribution in [0.25, 0.3) is 0 Å². The van der Waals surface area contributed by atoms with Crippen LogP contribution in [0.4, 0.5) is 0 Å². The molecule has 0 bridgehead atoms. The zero-order valence-corrected chi connectivity index (χ0v) is 10.4. The molecule has 0 fully saturated rings. The Bertz CT molecular complexity index is 352. The van der Waals surface area contributed by atoms with Gasteiger partial charge in [-0.25, -0.2) is 0 Å². The van der Waals surface area contributed by atoms with Crippen LogP contribution < -0.4 is 10.5 Å². The topological polar surface area (TPSA) is 35.2 Å². The summed E-state index contributed by atoms with van der Waals surface area (Å²) in [6.07, 6.45) is 1.04. The van der Waals surface area contributed by atoms with Crippen LogP contribution in [0.15, 0.2) is 36.6 Å². The molecular weight excluding hydrogens is 198 g/mol.